The van der Waals surface area contributed by atoms with Crippen LogP contribution in [0.15, 0.2) is 182 Å². The minimum Gasteiger partial charge on any atom is -0.388 e. The Balaban J connectivity index is 1.28. The maximum atomic E-state index is 11.4. The normalized spacial score (nSPS) is 13.8. The molecule has 1 unspecified atom stereocenters. The zero-order valence-electron chi connectivity index (χ0n) is 26.6. The van der Waals surface area contributed by atoms with Crippen molar-refractivity contribution in [1.29, 1.82) is 0 Å². The van der Waals surface area contributed by atoms with Crippen molar-refractivity contribution in [2.45, 2.75) is 29.5 Å². The highest BCUT2D eigenvalue weighted by atomic mass is 16.5. The Morgan fingerprint density at radius 1 is 0.333 bits per heavy atom. The number of hydrogen-bond acceptors (Lipinski definition) is 5. The van der Waals surface area contributed by atoms with Crippen LogP contribution in [-0.4, -0.2) is 46.8 Å². The summed E-state index contributed by atoms with van der Waals surface area (Å²) in [4.78, 5) is 0. The summed E-state index contributed by atoms with van der Waals surface area (Å²) in [6.45, 7) is -0.532. The summed E-state index contributed by atoms with van der Waals surface area (Å²) >= 11 is 0. The average molecular weight is 637 g/mol. The SMILES string of the molecule is OC([C@H](O)COC(c1ccccc1)(c1ccccc1)c1ccccc1)[C@@H](O)COC(c1ccccc1)(c1ccccc1)c1ccccc1. The highest BCUT2D eigenvalue weighted by Crippen LogP contribution is 2.42. The van der Waals surface area contributed by atoms with Crippen molar-refractivity contribution in [3.63, 3.8) is 0 Å². The lowest BCUT2D eigenvalue weighted by molar-refractivity contribution is -0.135. The third-order valence-corrected chi connectivity index (χ3v) is 8.81. The second kappa shape index (κ2) is 15.3. The first kappa shape index (κ1) is 33.0. The summed E-state index contributed by atoms with van der Waals surface area (Å²) in [5.74, 6) is 0. The van der Waals surface area contributed by atoms with E-state index in [9.17, 15) is 15.3 Å². The van der Waals surface area contributed by atoms with Gasteiger partial charge in [0.05, 0.1) is 13.2 Å². The van der Waals surface area contributed by atoms with Gasteiger partial charge in [-0.1, -0.05) is 182 Å². The number of rotatable bonds is 14. The lowest BCUT2D eigenvalue weighted by Gasteiger charge is -2.38. The molecule has 3 N–H and O–H groups in total. The Morgan fingerprint density at radius 2 is 0.521 bits per heavy atom. The molecule has 0 aliphatic rings. The first-order chi connectivity index (χ1) is 23.6. The van der Waals surface area contributed by atoms with E-state index in [0.717, 1.165) is 33.4 Å². The smallest absolute Gasteiger partial charge is 0.143 e. The monoisotopic (exact) mass is 636 g/mol. The summed E-state index contributed by atoms with van der Waals surface area (Å²) in [7, 11) is 0. The first-order valence-electron chi connectivity index (χ1n) is 16.2. The quantitative estimate of drug-likeness (QED) is 0.111. The van der Waals surface area contributed by atoms with Crippen molar-refractivity contribution < 1.29 is 24.8 Å². The topological polar surface area (TPSA) is 79.2 Å². The first-order valence-corrected chi connectivity index (χ1v) is 16.2. The molecular formula is C43H40O5. The largest absolute Gasteiger partial charge is 0.388 e. The van der Waals surface area contributed by atoms with Crippen molar-refractivity contribution in [2.75, 3.05) is 13.2 Å². The van der Waals surface area contributed by atoms with Gasteiger partial charge < -0.3 is 24.8 Å². The molecule has 6 aromatic rings. The Bertz CT molecular complexity index is 1470. The van der Waals surface area contributed by atoms with Crippen LogP contribution >= 0.6 is 0 Å². The van der Waals surface area contributed by atoms with Gasteiger partial charge in [-0.05, 0) is 33.4 Å². The fourth-order valence-electron chi connectivity index (χ4n) is 6.41. The van der Waals surface area contributed by atoms with E-state index in [0.29, 0.717) is 0 Å². The molecule has 0 saturated carbocycles. The van der Waals surface area contributed by atoms with E-state index in [2.05, 4.69) is 0 Å². The van der Waals surface area contributed by atoms with Gasteiger partial charge in [0.2, 0.25) is 0 Å². The van der Waals surface area contributed by atoms with Gasteiger partial charge in [-0.15, -0.1) is 0 Å². The van der Waals surface area contributed by atoms with E-state index in [4.69, 9.17) is 9.47 Å². The zero-order valence-corrected chi connectivity index (χ0v) is 26.6. The molecule has 242 valence electrons. The van der Waals surface area contributed by atoms with Crippen LogP contribution in [0.25, 0.3) is 0 Å². The molecule has 5 heteroatoms. The van der Waals surface area contributed by atoms with Crippen LogP contribution < -0.4 is 0 Å². The summed E-state index contributed by atoms with van der Waals surface area (Å²) < 4.78 is 13.4. The van der Waals surface area contributed by atoms with Crippen molar-refractivity contribution in [1.82, 2.24) is 0 Å². The van der Waals surface area contributed by atoms with Gasteiger partial charge in [-0.3, -0.25) is 0 Å². The molecule has 6 aromatic carbocycles. The van der Waals surface area contributed by atoms with E-state index in [1.807, 2.05) is 182 Å². The molecule has 0 aromatic heterocycles. The second-order valence-corrected chi connectivity index (χ2v) is 11.8. The molecule has 0 heterocycles. The number of ether oxygens (including phenoxy) is 2. The molecule has 0 radical (unpaired) electrons. The summed E-state index contributed by atoms with van der Waals surface area (Å²) in [6, 6.07) is 58.9. The van der Waals surface area contributed by atoms with E-state index >= 15 is 0 Å². The minimum atomic E-state index is -1.56. The molecule has 3 atom stereocenters. The molecule has 0 aliphatic carbocycles. The molecule has 6 rings (SSSR count). The summed E-state index contributed by atoms with van der Waals surface area (Å²) in [5, 5.41) is 34.1. The predicted octanol–water partition coefficient (Wildman–Crippen LogP) is 7.09. The number of aliphatic hydroxyl groups excluding tert-OH is 3. The van der Waals surface area contributed by atoms with Gasteiger partial charge >= 0.3 is 0 Å². The van der Waals surface area contributed by atoms with Gasteiger partial charge in [-0.25, -0.2) is 0 Å². The second-order valence-electron chi connectivity index (χ2n) is 11.8. The minimum absolute atomic E-state index is 0.266. The lowest BCUT2D eigenvalue weighted by atomic mass is 9.80. The third kappa shape index (κ3) is 6.74. The van der Waals surface area contributed by atoms with Crippen LogP contribution in [0.2, 0.25) is 0 Å². The van der Waals surface area contributed by atoms with Crippen LogP contribution in [0.4, 0.5) is 0 Å². The van der Waals surface area contributed by atoms with Gasteiger partial charge in [0.15, 0.2) is 0 Å². The van der Waals surface area contributed by atoms with E-state index in [-0.39, 0.29) is 13.2 Å². The maximum Gasteiger partial charge on any atom is 0.143 e. The molecule has 0 saturated heterocycles. The fraction of sp³-hybridized carbons (Fsp3) is 0.163. The highest BCUT2D eigenvalue weighted by Gasteiger charge is 2.41. The standard InChI is InChI=1S/C43H40O5/c44-39(31-47-42(33-19-7-1-8-20-33,34-21-9-2-10-22-34)35-23-11-3-12-24-35)41(46)40(45)32-48-43(36-25-13-4-14-26-36,37-27-15-5-16-28-37)38-29-17-6-18-30-38/h1-30,39-41,44-46H,31-32H2/t39-,40+,41?. The Morgan fingerprint density at radius 3 is 0.708 bits per heavy atom. The van der Waals surface area contributed by atoms with Gasteiger partial charge in [-0.2, -0.15) is 0 Å². The van der Waals surface area contributed by atoms with E-state index in [1.165, 1.54) is 0 Å². The third-order valence-electron chi connectivity index (χ3n) is 8.81. The zero-order chi connectivity index (χ0) is 33.2. The Hall–Kier alpha value is -4.88. The molecule has 0 bridgehead atoms. The van der Waals surface area contributed by atoms with E-state index in [1.54, 1.807) is 0 Å². The van der Waals surface area contributed by atoms with Gasteiger partial charge in [0, 0.05) is 0 Å². The van der Waals surface area contributed by atoms with Crippen LogP contribution in [-0.2, 0) is 20.7 Å². The van der Waals surface area contributed by atoms with Gasteiger partial charge in [0.1, 0.15) is 29.5 Å². The summed E-state index contributed by atoms with van der Waals surface area (Å²) in [6.07, 6.45) is -4.43. The van der Waals surface area contributed by atoms with Crippen molar-refractivity contribution in [3.8, 4) is 0 Å². The number of benzene rings is 6. The molecular weight excluding hydrogens is 596 g/mol. The number of hydrogen-bond donors (Lipinski definition) is 3. The lowest BCUT2D eigenvalue weighted by Crippen LogP contribution is -2.46. The van der Waals surface area contributed by atoms with E-state index < -0.39 is 29.5 Å². The molecule has 5 nitrogen and oxygen atoms in total. The predicted molar refractivity (Wildman–Crippen MR) is 188 cm³/mol. The van der Waals surface area contributed by atoms with Crippen LogP contribution in [0, 0.1) is 0 Å². The van der Waals surface area contributed by atoms with Crippen molar-refractivity contribution in [3.05, 3.63) is 215 Å². The molecule has 0 aliphatic heterocycles. The number of aliphatic hydroxyl groups is 3. The van der Waals surface area contributed by atoms with Crippen LogP contribution in [0.5, 0.6) is 0 Å². The molecule has 0 fully saturated rings. The van der Waals surface area contributed by atoms with Crippen molar-refractivity contribution in [2.24, 2.45) is 0 Å². The van der Waals surface area contributed by atoms with Gasteiger partial charge in [0.25, 0.3) is 0 Å². The van der Waals surface area contributed by atoms with Crippen LogP contribution in [0.3, 0.4) is 0 Å². The highest BCUT2D eigenvalue weighted by molar-refractivity contribution is 5.49. The Labute approximate surface area is 282 Å². The summed E-state index contributed by atoms with van der Waals surface area (Å²) in [5.41, 5.74) is 3.03. The molecule has 48 heavy (non-hydrogen) atoms. The molecule has 0 amide bonds. The van der Waals surface area contributed by atoms with Crippen LogP contribution in [0.1, 0.15) is 33.4 Å². The Kier molecular flexibility index (Phi) is 10.6. The maximum absolute atomic E-state index is 11.4. The molecule has 0 spiro atoms. The average Bonchev–Trinajstić information content (AvgIpc) is 3.17. The van der Waals surface area contributed by atoms with Crippen molar-refractivity contribution >= 4 is 0 Å². The fourth-order valence-corrected chi connectivity index (χ4v) is 6.41.